The predicted octanol–water partition coefficient (Wildman–Crippen LogP) is 7.21. The third kappa shape index (κ3) is 23.9. The maximum absolute atomic E-state index is 12.0. The van der Waals surface area contributed by atoms with Gasteiger partial charge in [0.25, 0.3) is 0 Å². The van der Waals surface area contributed by atoms with Crippen LogP contribution in [0.1, 0.15) is 103 Å². The van der Waals surface area contributed by atoms with Crippen molar-refractivity contribution in [1.82, 2.24) is 4.72 Å². The lowest BCUT2D eigenvalue weighted by molar-refractivity contribution is 0.163. The number of alkyl halides is 1. The Morgan fingerprint density at radius 1 is 0.839 bits per heavy atom. The standard InChI is InChI=1S/C24H50INO3S2/c1-3-4-5-6-7-8-9-10-11-12-13-14-15-16-19-30-23-24(22-29-2)21-26-31(27,28)20-17-18-25/h24,26H,3-23H2,1-2H3. The summed E-state index contributed by atoms with van der Waals surface area (Å²) in [5.74, 6) is 2.60. The minimum atomic E-state index is -3.14. The molecule has 0 aliphatic rings. The number of hydrogen-bond acceptors (Lipinski definition) is 4. The van der Waals surface area contributed by atoms with Crippen LogP contribution in [0.4, 0.5) is 0 Å². The van der Waals surface area contributed by atoms with Gasteiger partial charge in [-0.3, -0.25) is 0 Å². The van der Waals surface area contributed by atoms with Crippen LogP contribution in [0.25, 0.3) is 0 Å². The van der Waals surface area contributed by atoms with Crippen LogP contribution < -0.4 is 4.72 Å². The Bertz CT molecular complexity index is 464. The van der Waals surface area contributed by atoms with Crippen LogP contribution in [0.15, 0.2) is 0 Å². The van der Waals surface area contributed by atoms with Gasteiger partial charge in [0.05, 0.1) is 12.4 Å². The molecule has 1 atom stereocenters. The summed E-state index contributed by atoms with van der Waals surface area (Å²) in [6, 6.07) is 0. The van der Waals surface area contributed by atoms with E-state index < -0.39 is 10.0 Å². The van der Waals surface area contributed by atoms with Crippen LogP contribution in [0.5, 0.6) is 0 Å². The average Bonchev–Trinajstić information content (AvgIpc) is 2.75. The van der Waals surface area contributed by atoms with Crippen molar-refractivity contribution in [3.8, 4) is 0 Å². The Morgan fingerprint density at radius 3 is 1.84 bits per heavy atom. The van der Waals surface area contributed by atoms with Gasteiger partial charge in [0, 0.05) is 24.0 Å². The van der Waals surface area contributed by atoms with E-state index in [0.717, 1.165) is 10.2 Å². The van der Waals surface area contributed by atoms with Crippen LogP contribution in [-0.2, 0) is 14.8 Å². The van der Waals surface area contributed by atoms with Gasteiger partial charge in [0.15, 0.2) is 0 Å². The van der Waals surface area contributed by atoms with Crippen LogP contribution in [0.2, 0.25) is 0 Å². The Morgan fingerprint density at radius 2 is 1.35 bits per heavy atom. The lowest BCUT2D eigenvalue weighted by atomic mass is 10.0. The van der Waals surface area contributed by atoms with Crippen molar-refractivity contribution in [3.05, 3.63) is 0 Å². The molecular weight excluding hydrogens is 541 g/mol. The SMILES string of the molecule is CCCCCCCCCCCCCCCCSCC(CNS(=O)(=O)CCCI)COC. The third-order valence-corrected chi connectivity index (χ3v) is 9.02. The number of thioether (sulfide) groups is 1. The zero-order valence-electron chi connectivity index (χ0n) is 20.3. The van der Waals surface area contributed by atoms with Gasteiger partial charge in [-0.05, 0) is 24.3 Å². The lowest BCUT2D eigenvalue weighted by Gasteiger charge is -2.16. The summed E-state index contributed by atoms with van der Waals surface area (Å²) >= 11 is 4.15. The second kappa shape index (κ2) is 24.1. The number of halogens is 1. The van der Waals surface area contributed by atoms with E-state index in [9.17, 15) is 8.42 Å². The average molecular weight is 592 g/mol. The minimum absolute atomic E-state index is 0.224. The molecule has 0 rings (SSSR count). The van der Waals surface area contributed by atoms with E-state index in [-0.39, 0.29) is 11.7 Å². The molecule has 1 unspecified atom stereocenters. The predicted molar refractivity (Wildman–Crippen MR) is 148 cm³/mol. The molecule has 188 valence electrons. The van der Waals surface area contributed by atoms with E-state index in [1.807, 2.05) is 11.8 Å². The molecule has 0 fully saturated rings. The molecule has 0 saturated heterocycles. The van der Waals surface area contributed by atoms with Gasteiger partial charge >= 0.3 is 0 Å². The quantitative estimate of drug-likeness (QED) is 0.0693. The van der Waals surface area contributed by atoms with Gasteiger partial charge in [0.1, 0.15) is 0 Å². The normalized spacial score (nSPS) is 13.0. The van der Waals surface area contributed by atoms with E-state index in [0.29, 0.717) is 19.6 Å². The highest BCUT2D eigenvalue weighted by Crippen LogP contribution is 2.15. The molecule has 31 heavy (non-hydrogen) atoms. The molecule has 0 aromatic rings. The number of ether oxygens (including phenoxy) is 1. The second-order valence-corrected chi connectivity index (χ2v) is 12.9. The van der Waals surface area contributed by atoms with Gasteiger partial charge in [-0.1, -0.05) is 113 Å². The van der Waals surface area contributed by atoms with Crippen LogP contribution in [0, 0.1) is 5.92 Å². The summed E-state index contributed by atoms with van der Waals surface area (Å²) in [7, 11) is -1.45. The highest BCUT2D eigenvalue weighted by atomic mass is 127. The number of unbranched alkanes of at least 4 members (excludes halogenated alkanes) is 13. The smallest absolute Gasteiger partial charge is 0.211 e. The van der Waals surface area contributed by atoms with Crippen LogP contribution in [-0.4, -0.2) is 50.4 Å². The molecule has 7 heteroatoms. The van der Waals surface area contributed by atoms with Crippen molar-refractivity contribution >= 4 is 44.4 Å². The van der Waals surface area contributed by atoms with E-state index >= 15 is 0 Å². The first kappa shape index (κ1) is 31.9. The fourth-order valence-electron chi connectivity index (χ4n) is 3.61. The highest BCUT2D eigenvalue weighted by molar-refractivity contribution is 14.1. The number of sulfonamides is 1. The number of rotatable bonds is 25. The Labute approximate surface area is 212 Å². The Kier molecular flexibility index (Phi) is 24.8. The molecule has 0 spiro atoms. The number of methoxy groups -OCH3 is 1. The van der Waals surface area contributed by atoms with Gasteiger partial charge < -0.3 is 4.74 Å². The monoisotopic (exact) mass is 591 g/mol. The molecule has 1 N–H and O–H groups in total. The lowest BCUT2D eigenvalue weighted by Crippen LogP contribution is -2.34. The zero-order valence-corrected chi connectivity index (χ0v) is 24.1. The fourth-order valence-corrected chi connectivity index (χ4v) is 6.79. The van der Waals surface area contributed by atoms with Crippen molar-refractivity contribution in [3.63, 3.8) is 0 Å². The molecule has 0 saturated carbocycles. The molecule has 0 aromatic carbocycles. The van der Waals surface area contributed by atoms with Crippen molar-refractivity contribution in [2.24, 2.45) is 5.92 Å². The van der Waals surface area contributed by atoms with Gasteiger partial charge in [-0.15, -0.1) is 0 Å². The van der Waals surface area contributed by atoms with Crippen LogP contribution >= 0.6 is 34.4 Å². The summed E-state index contributed by atoms with van der Waals surface area (Å²) in [5.41, 5.74) is 0. The first-order valence-electron chi connectivity index (χ1n) is 12.7. The Balaban J connectivity index is 3.51. The van der Waals surface area contributed by atoms with E-state index in [2.05, 4.69) is 34.2 Å². The van der Waals surface area contributed by atoms with Crippen molar-refractivity contribution in [2.75, 3.05) is 41.9 Å². The molecule has 0 aliphatic carbocycles. The van der Waals surface area contributed by atoms with Gasteiger partial charge in [-0.2, -0.15) is 11.8 Å². The number of hydrogen-bond donors (Lipinski definition) is 1. The molecule has 4 nitrogen and oxygen atoms in total. The molecule has 0 bridgehead atoms. The summed E-state index contributed by atoms with van der Waals surface area (Å²) < 4.78 is 32.8. The summed E-state index contributed by atoms with van der Waals surface area (Å²) in [4.78, 5) is 0. The maximum atomic E-state index is 12.0. The maximum Gasteiger partial charge on any atom is 0.211 e. The summed E-state index contributed by atoms with van der Waals surface area (Å²) in [6.07, 6.45) is 20.2. The van der Waals surface area contributed by atoms with E-state index in [1.54, 1.807) is 7.11 Å². The second-order valence-electron chi connectivity index (χ2n) is 8.70. The first-order valence-corrected chi connectivity index (χ1v) is 17.0. The zero-order chi connectivity index (χ0) is 23.0. The van der Waals surface area contributed by atoms with Gasteiger partial charge in [0.2, 0.25) is 10.0 Å². The van der Waals surface area contributed by atoms with E-state index in [1.165, 1.54) is 95.6 Å². The third-order valence-electron chi connectivity index (χ3n) is 5.54. The molecule has 0 heterocycles. The van der Waals surface area contributed by atoms with Gasteiger partial charge in [-0.25, -0.2) is 13.1 Å². The molecule has 0 radical (unpaired) electrons. The molecule has 0 aromatic heterocycles. The summed E-state index contributed by atoms with van der Waals surface area (Å²) in [5, 5.41) is 0. The van der Waals surface area contributed by atoms with Crippen molar-refractivity contribution in [1.29, 1.82) is 0 Å². The fraction of sp³-hybridized carbons (Fsp3) is 1.00. The van der Waals surface area contributed by atoms with E-state index in [4.69, 9.17) is 4.74 Å². The molecular formula is C24H50INO3S2. The molecule has 0 amide bonds. The van der Waals surface area contributed by atoms with Crippen LogP contribution in [0.3, 0.4) is 0 Å². The molecule has 0 aliphatic heterocycles. The summed E-state index contributed by atoms with van der Waals surface area (Å²) in [6.45, 7) is 3.38. The number of nitrogens with one attached hydrogen (secondary N) is 1. The van der Waals surface area contributed by atoms with Crippen molar-refractivity contribution in [2.45, 2.75) is 103 Å². The first-order chi connectivity index (χ1) is 15.1. The highest BCUT2D eigenvalue weighted by Gasteiger charge is 2.14. The Hall–Kier alpha value is 0.950. The largest absolute Gasteiger partial charge is 0.384 e. The van der Waals surface area contributed by atoms with Crippen molar-refractivity contribution < 1.29 is 13.2 Å². The minimum Gasteiger partial charge on any atom is -0.384 e. The topological polar surface area (TPSA) is 55.4 Å².